The molecular weight excluding hydrogens is 235 g/mol. The van der Waals surface area contributed by atoms with E-state index < -0.39 is 29.8 Å². The van der Waals surface area contributed by atoms with Crippen molar-refractivity contribution in [3.8, 4) is 0 Å². The van der Waals surface area contributed by atoms with Gasteiger partial charge in [-0.15, -0.1) is 0 Å². The molecule has 0 bridgehead atoms. The van der Waals surface area contributed by atoms with Gasteiger partial charge < -0.3 is 4.74 Å². The number of alkyl halides is 3. The Bertz CT molecular complexity index is 283. The number of rotatable bonds is 1. The second-order valence-electron chi connectivity index (χ2n) is 5.28. The molecule has 0 saturated carbocycles. The highest BCUT2D eigenvalue weighted by molar-refractivity contribution is 5.76. The number of nitrogens with one attached hydrogen (secondary N) is 1. The van der Waals surface area contributed by atoms with Gasteiger partial charge >= 0.3 is 12.1 Å². The normalized spacial score (nSPS) is 26.7. The van der Waals surface area contributed by atoms with Crippen molar-refractivity contribution in [1.82, 2.24) is 5.32 Å². The average molecular weight is 253 g/mol. The zero-order valence-corrected chi connectivity index (χ0v) is 10.2. The molecule has 2 atom stereocenters. The second-order valence-corrected chi connectivity index (χ2v) is 5.28. The number of esters is 1. The number of hydrogen-bond donors (Lipinski definition) is 1. The maximum absolute atomic E-state index is 12.5. The van der Waals surface area contributed by atoms with Gasteiger partial charge in [-0.25, -0.2) is 0 Å². The Balaban J connectivity index is 2.58. The molecule has 100 valence electrons. The molecule has 1 saturated heterocycles. The summed E-state index contributed by atoms with van der Waals surface area (Å²) in [5.41, 5.74) is -0.677. The first-order chi connectivity index (χ1) is 7.59. The lowest BCUT2D eigenvalue weighted by atomic mass is 9.98. The third-order valence-electron chi connectivity index (χ3n) is 2.47. The Morgan fingerprint density at radius 1 is 1.24 bits per heavy atom. The van der Waals surface area contributed by atoms with Crippen LogP contribution in [0.4, 0.5) is 13.2 Å². The molecule has 0 aromatic carbocycles. The van der Waals surface area contributed by atoms with Crippen LogP contribution in [-0.4, -0.2) is 29.8 Å². The molecule has 6 heteroatoms. The maximum atomic E-state index is 12.5. The van der Waals surface area contributed by atoms with E-state index in [-0.39, 0.29) is 6.42 Å². The fourth-order valence-corrected chi connectivity index (χ4v) is 1.75. The molecule has 0 aliphatic carbocycles. The minimum absolute atomic E-state index is 0.0167. The second kappa shape index (κ2) is 4.84. The van der Waals surface area contributed by atoms with Crippen molar-refractivity contribution in [2.45, 2.75) is 63.9 Å². The van der Waals surface area contributed by atoms with Gasteiger partial charge in [0.25, 0.3) is 0 Å². The summed E-state index contributed by atoms with van der Waals surface area (Å²) in [5, 5.41) is 2.32. The minimum atomic E-state index is -4.30. The van der Waals surface area contributed by atoms with Gasteiger partial charge in [-0.05, 0) is 40.0 Å². The summed E-state index contributed by atoms with van der Waals surface area (Å²) in [4.78, 5) is 11.6. The molecule has 1 heterocycles. The van der Waals surface area contributed by atoms with Crippen LogP contribution in [0.1, 0.15) is 40.0 Å². The largest absolute Gasteiger partial charge is 0.459 e. The number of carbonyl (C=O) groups is 1. The van der Waals surface area contributed by atoms with E-state index >= 15 is 0 Å². The molecule has 1 aliphatic heterocycles. The van der Waals surface area contributed by atoms with Gasteiger partial charge in [0.1, 0.15) is 17.7 Å². The molecule has 1 aliphatic rings. The number of halogens is 3. The molecule has 0 aromatic heterocycles. The zero-order chi connectivity index (χ0) is 13.3. The monoisotopic (exact) mass is 253 g/mol. The molecule has 1 fully saturated rings. The molecule has 0 aromatic rings. The zero-order valence-electron chi connectivity index (χ0n) is 10.2. The standard InChI is InChI=1S/C11H18F3NO2/c1-10(2,3)17-9(16)7-5-4-6-8(15-7)11(12,13)14/h7-8,15H,4-6H2,1-3H3/t7-,8+/m1/s1. The van der Waals surface area contributed by atoms with Crippen molar-refractivity contribution in [1.29, 1.82) is 0 Å². The quantitative estimate of drug-likeness (QED) is 0.729. The average Bonchev–Trinajstić information content (AvgIpc) is 2.14. The van der Waals surface area contributed by atoms with Gasteiger partial charge in [0, 0.05) is 0 Å². The van der Waals surface area contributed by atoms with E-state index in [1.165, 1.54) is 0 Å². The van der Waals surface area contributed by atoms with Crippen LogP contribution < -0.4 is 5.32 Å². The highest BCUT2D eigenvalue weighted by Gasteiger charge is 2.44. The van der Waals surface area contributed by atoms with Crippen LogP contribution in [0, 0.1) is 0 Å². The van der Waals surface area contributed by atoms with Gasteiger partial charge in [-0.2, -0.15) is 13.2 Å². The highest BCUT2D eigenvalue weighted by atomic mass is 19.4. The fourth-order valence-electron chi connectivity index (χ4n) is 1.75. The topological polar surface area (TPSA) is 38.3 Å². The minimum Gasteiger partial charge on any atom is -0.459 e. The van der Waals surface area contributed by atoms with Crippen molar-refractivity contribution in [3.05, 3.63) is 0 Å². The van der Waals surface area contributed by atoms with E-state index in [9.17, 15) is 18.0 Å². The van der Waals surface area contributed by atoms with Crippen molar-refractivity contribution >= 4 is 5.97 Å². The first kappa shape index (κ1) is 14.3. The first-order valence-corrected chi connectivity index (χ1v) is 5.65. The van der Waals surface area contributed by atoms with Crippen molar-refractivity contribution in [2.24, 2.45) is 0 Å². The Morgan fingerprint density at radius 3 is 2.29 bits per heavy atom. The predicted molar refractivity (Wildman–Crippen MR) is 56.5 cm³/mol. The lowest BCUT2D eigenvalue weighted by Gasteiger charge is -2.32. The summed E-state index contributed by atoms with van der Waals surface area (Å²) in [5.74, 6) is -0.605. The predicted octanol–water partition coefficient (Wildman–Crippen LogP) is 2.40. The molecule has 0 amide bonds. The fraction of sp³-hybridized carbons (Fsp3) is 0.909. The number of ether oxygens (including phenoxy) is 1. The molecule has 1 N–H and O–H groups in total. The van der Waals surface area contributed by atoms with Crippen molar-refractivity contribution in [2.75, 3.05) is 0 Å². The molecule has 0 radical (unpaired) electrons. The molecule has 0 spiro atoms. The smallest absolute Gasteiger partial charge is 0.403 e. The van der Waals surface area contributed by atoms with Crippen molar-refractivity contribution < 1.29 is 22.7 Å². The molecule has 17 heavy (non-hydrogen) atoms. The van der Waals surface area contributed by atoms with Crippen LogP contribution in [-0.2, 0) is 9.53 Å². The van der Waals surface area contributed by atoms with Crippen LogP contribution in [0.3, 0.4) is 0 Å². The highest BCUT2D eigenvalue weighted by Crippen LogP contribution is 2.28. The van der Waals surface area contributed by atoms with Crippen LogP contribution in [0.2, 0.25) is 0 Å². The summed E-state index contributed by atoms with van der Waals surface area (Å²) < 4.78 is 42.6. The lowest BCUT2D eigenvalue weighted by Crippen LogP contribution is -2.54. The van der Waals surface area contributed by atoms with E-state index in [1.54, 1.807) is 20.8 Å². The third kappa shape index (κ3) is 4.53. The Kier molecular flexibility index (Phi) is 4.06. The number of hydrogen-bond acceptors (Lipinski definition) is 3. The Hall–Kier alpha value is -0.780. The van der Waals surface area contributed by atoms with E-state index in [2.05, 4.69) is 5.32 Å². The van der Waals surface area contributed by atoms with Crippen LogP contribution in [0.5, 0.6) is 0 Å². The van der Waals surface area contributed by atoms with Gasteiger partial charge in [-0.3, -0.25) is 10.1 Å². The third-order valence-corrected chi connectivity index (χ3v) is 2.47. The molecular formula is C11H18F3NO2. The summed E-state index contributed by atoms with van der Waals surface area (Å²) in [6.45, 7) is 5.07. The van der Waals surface area contributed by atoms with Crippen LogP contribution >= 0.6 is 0 Å². The summed E-state index contributed by atoms with van der Waals surface area (Å²) in [6, 6.07) is -2.46. The van der Waals surface area contributed by atoms with E-state index in [1.807, 2.05) is 0 Å². The number of carbonyl (C=O) groups excluding carboxylic acids is 1. The summed E-state index contributed by atoms with van der Waals surface area (Å²) in [6.07, 6.45) is -3.52. The van der Waals surface area contributed by atoms with Crippen molar-refractivity contribution in [3.63, 3.8) is 0 Å². The van der Waals surface area contributed by atoms with E-state index in [0.717, 1.165) is 0 Å². The van der Waals surface area contributed by atoms with Gasteiger partial charge in [0.05, 0.1) is 0 Å². The van der Waals surface area contributed by atoms with E-state index in [0.29, 0.717) is 12.8 Å². The Labute approximate surface area is 98.7 Å². The molecule has 3 nitrogen and oxygen atoms in total. The van der Waals surface area contributed by atoms with E-state index in [4.69, 9.17) is 4.74 Å². The van der Waals surface area contributed by atoms with Gasteiger partial charge in [0.15, 0.2) is 0 Å². The molecule has 1 rings (SSSR count). The number of piperidine rings is 1. The van der Waals surface area contributed by atoms with Crippen LogP contribution in [0.25, 0.3) is 0 Å². The first-order valence-electron chi connectivity index (χ1n) is 5.65. The Morgan fingerprint density at radius 2 is 1.82 bits per heavy atom. The lowest BCUT2D eigenvalue weighted by molar-refractivity contribution is -0.173. The summed E-state index contributed by atoms with van der Waals surface area (Å²) in [7, 11) is 0. The molecule has 0 unspecified atom stereocenters. The van der Waals surface area contributed by atoms with Crippen LogP contribution in [0.15, 0.2) is 0 Å². The SMILES string of the molecule is CC(C)(C)OC(=O)[C@H]1CCC[C@@H](C(F)(F)F)N1. The van der Waals surface area contributed by atoms with Gasteiger partial charge in [0.2, 0.25) is 0 Å². The summed E-state index contributed by atoms with van der Waals surface area (Å²) >= 11 is 0. The van der Waals surface area contributed by atoms with Gasteiger partial charge in [-0.1, -0.05) is 0 Å². The maximum Gasteiger partial charge on any atom is 0.403 e.